The predicted molar refractivity (Wildman–Crippen MR) is 60.3 cm³/mol. The van der Waals surface area contributed by atoms with Crippen LogP contribution in [0.5, 0.6) is 0 Å². The smallest absolute Gasteiger partial charge is 0.0656 e. The van der Waals surface area contributed by atoms with E-state index in [2.05, 4.69) is 42.8 Å². The zero-order valence-electron chi connectivity index (χ0n) is 8.54. The lowest BCUT2D eigenvalue weighted by molar-refractivity contribution is 0.866. The first-order valence-corrected chi connectivity index (χ1v) is 4.82. The molecule has 0 fully saturated rings. The molecule has 1 heterocycles. The van der Waals surface area contributed by atoms with Crippen LogP contribution in [-0.4, -0.2) is 10.2 Å². The third kappa shape index (κ3) is 1.33. The van der Waals surface area contributed by atoms with Gasteiger partial charge >= 0.3 is 0 Å². The zero-order valence-corrected chi connectivity index (χ0v) is 8.54. The highest BCUT2D eigenvalue weighted by molar-refractivity contribution is 5.82. The molecule has 0 aliphatic heterocycles. The number of aromatic amines is 1. The van der Waals surface area contributed by atoms with E-state index in [0.29, 0.717) is 5.92 Å². The van der Waals surface area contributed by atoms with Crippen molar-refractivity contribution in [2.75, 3.05) is 0 Å². The van der Waals surface area contributed by atoms with Crippen LogP contribution in [0.25, 0.3) is 17.0 Å². The van der Waals surface area contributed by atoms with Crippen LogP contribution < -0.4 is 0 Å². The van der Waals surface area contributed by atoms with Crippen molar-refractivity contribution in [2.45, 2.75) is 19.8 Å². The third-order valence-corrected chi connectivity index (χ3v) is 2.49. The average Bonchev–Trinajstić information content (AvgIpc) is 2.62. The van der Waals surface area contributed by atoms with E-state index < -0.39 is 0 Å². The number of aromatic nitrogens is 2. The summed E-state index contributed by atoms with van der Waals surface area (Å²) in [4.78, 5) is 0. The van der Waals surface area contributed by atoms with Gasteiger partial charge in [0.05, 0.1) is 11.7 Å². The highest BCUT2D eigenvalue weighted by atomic mass is 15.1. The van der Waals surface area contributed by atoms with Gasteiger partial charge < -0.3 is 0 Å². The van der Waals surface area contributed by atoms with E-state index in [-0.39, 0.29) is 0 Å². The Labute approximate surface area is 83.6 Å². The van der Waals surface area contributed by atoms with Crippen LogP contribution in [0.15, 0.2) is 24.9 Å². The molecule has 72 valence electrons. The highest BCUT2D eigenvalue weighted by Crippen LogP contribution is 2.25. The van der Waals surface area contributed by atoms with Gasteiger partial charge in [0.1, 0.15) is 0 Å². The Morgan fingerprint density at radius 2 is 2.21 bits per heavy atom. The van der Waals surface area contributed by atoms with Gasteiger partial charge in [-0.3, -0.25) is 5.10 Å². The molecule has 1 aromatic heterocycles. The van der Waals surface area contributed by atoms with Crippen molar-refractivity contribution in [1.82, 2.24) is 10.2 Å². The Bertz CT molecular complexity index is 466. The molecule has 2 nitrogen and oxygen atoms in total. The molecule has 0 aliphatic carbocycles. The Morgan fingerprint density at radius 3 is 2.86 bits per heavy atom. The second-order valence-electron chi connectivity index (χ2n) is 3.80. The summed E-state index contributed by atoms with van der Waals surface area (Å²) in [5.74, 6) is 0.516. The van der Waals surface area contributed by atoms with Crippen molar-refractivity contribution >= 4 is 17.0 Å². The summed E-state index contributed by atoms with van der Waals surface area (Å²) in [5, 5.41) is 8.15. The van der Waals surface area contributed by atoms with Gasteiger partial charge in [-0.2, -0.15) is 5.10 Å². The minimum Gasteiger partial charge on any atom is -0.278 e. The van der Waals surface area contributed by atoms with Crippen molar-refractivity contribution < 1.29 is 0 Å². The first-order chi connectivity index (χ1) is 6.72. The second kappa shape index (κ2) is 3.29. The van der Waals surface area contributed by atoms with E-state index >= 15 is 0 Å². The molecular weight excluding hydrogens is 172 g/mol. The molecule has 0 saturated heterocycles. The molecule has 14 heavy (non-hydrogen) atoms. The number of hydrogen-bond donors (Lipinski definition) is 1. The minimum atomic E-state index is 0.516. The van der Waals surface area contributed by atoms with Gasteiger partial charge in [-0.25, -0.2) is 0 Å². The van der Waals surface area contributed by atoms with Crippen LogP contribution >= 0.6 is 0 Å². The lowest BCUT2D eigenvalue weighted by Crippen LogP contribution is -1.91. The van der Waals surface area contributed by atoms with Crippen molar-refractivity contribution in [3.05, 3.63) is 36.0 Å². The maximum Gasteiger partial charge on any atom is 0.0656 e. The van der Waals surface area contributed by atoms with E-state index in [1.165, 1.54) is 16.5 Å². The highest BCUT2D eigenvalue weighted by Gasteiger charge is 2.06. The van der Waals surface area contributed by atoms with E-state index in [1.807, 2.05) is 12.3 Å². The Morgan fingerprint density at radius 1 is 1.43 bits per heavy atom. The zero-order chi connectivity index (χ0) is 10.1. The Hall–Kier alpha value is -1.57. The lowest BCUT2D eigenvalue weighted by atomic mass is 9.96. The summed E-state index contributed by atoms with van der Waals surface area (Å²) in [6.45, 7) is 8.21. The van der Waals surface area contributed by atoms with Crippen molar-refractivity contribution in [2.24, 2.45) is 0 Å². The number of hydrogen-bond acceptors (Lipinski definition) is 1. The molecule has 0 amide bonds. The van der Waals surface area contributed by atoms with E-state index in [1.54, 1.807) is 0 Å². The summed E-state index contributed by atoms with van der Waals surface area (Å²) in [7, 11) is 0. The van der Waals surface area contributed by atoms with Crippen LogP contribution in [0.3, 0.4) is 0 Å². The quantitative estimate of drug-likeness (QED) is 0.765. The van der Waals surface area contributed by atoms with Crippen molar-refractivity contribution in [1.29, 1.82) is 0 Å². The summed E-state index contributed by atoms with van der Waals surface area (Å²) >= 11 is 0. The van der Waals surface area contributed by atoms with Gasteiger partial charge in [0.2, 0.25) is 0 Å². The van der Waals surface area contributed by atoms with Gasteiger partial charge in [-0.1, -0.05) is 26.5 Å². The first-order valence-electron chi connectivity index (χ1n) is 4.82. The molecule has 0 atom stereocenters. The van der Waals surface area contributed by atoms with Gasteiger partial charge in [-0.15, -0.1) is 0 Å². The molecule has 1 aromatic carbocycles. The normalized spacial score (nSPS) is 11.1. The Balaban J connectivity index is 2.72. The van der Waals surface area contributed by atoms with E-state index in [9.17, 15) is 0 Å². The lowest BCUT2D eigenvalue weighted by Gasteiger charge is -2.09. The largest absolute Gasteiger partial charge is 0.278 e. The molecule has 2 rings (SSSR count). The van der Waals surface area contributed by atoms with Crippen LogP contribution in [0.2, 0.25) is 0 Å². The van der Waals surface area contributed by atoms with Gasteiger partial charge in [0, 0.05) is 5.39 Å². The SMILES string of the molecule is C=Cc1cc2[nH]ncc2cc1C(C)C. The second-order valence-corrected chi connectivity index (χ2v) is 3.80. The number of nitrogens with one attached hydrogen (secondary N) is 1. The fourth-order valence-corrected chi connectivity index (χ4v) is 1.70. The molecule has 2 aromatic rings. The van der Waals surface area contributed by atoms with Gasteiger partial charge in [-0.05, 0) is 29.2 Å². The summed E-state index contributed by atoms with van der Waals surface area (Å²) in [5.41, 5.74) is 3.59. The molecule has 0 unspecified atom stereocenters. The van der Waals surface area contributed by atoms with Gasteiger partial charge in [0.25, 0.3) is 0 Å². The summed E-state index contributed by atoms with van der Waals surface area (Å²) in [6.07, 6.45) is 3.75. The van der Waals surface area contributed by atoms with Crippen molar-refractivity contribution in [3.63, 3.8) is 0 Å². The molecule has 1 N–H and O–H groups in total. The average molecular weight is 186 g/mol. The summed E-state index contributed by atoms with van der Waals surface area (Å²) < 4.78 is 0. The number of rotatable bonds is 2. The third-order valence-electron chi connectivity index (χ3n) is 2.49. The predicted octanol–water partition coefficient (Wildman–Crippen LogP) is 3.33. The molecule has 0 aliphatic rings. The minimum absolute atomic E-state index is 0.516. The fourth-order valence-electron chi connectivity index (χ4n) is 1.70. The number of nitrogens with zero attached hydrogens (tertiary/aromatic N) is 1. The first kappa shape index (κ1) is 9.00. The van der Waals surface area contributed by atoms with Crippen molar-refractivity contribution in [3.8, 4) is 0 Å². The topological polar surface area (TPSA) is 28.7 Å². The molecule has 0 saturated carbocycles. The molecule has 0 spiro atoms. The molecule has 2 heteroatoms. The molecule has 0 radical (unpaired) electrons. The van der Waals surface area contributed by atoms with E-state index in [0.717, 1.165) is 5.52 Å². The number of benzene rings is 1. The Kier molecular flexibility index (Phi) is 2.12. The molecular formula is C12H14N2. The number of H-pyrrole nitrogens is 1. The maximum atomic E-state index is 4.02. The van der Waals surface area contributed by atoms with Crippen LogP contribution in [0.4, 0.5) is 0 Å². The number of fused-ring (bicyclic) bond motifs is 1. The molecule has 0 bridgehead atoms. The standard InChI is InChI=1S/C12H14N2/c1-4-9-6-12-10(7-13-14-12)5-11(9)8(2)3/h4-8H,1H2,2-3H3,(H,13,14). The van der Waals surface area contributed by atoms with E-state index in [4.69, 9.17) is 0 Å². The monoisotopic (exact) mass is 186 g/mol. The van der Waals surface area contributed by atoms with Crippen LogP contribution in [0, 0.1) is 0 Å². The summed E-state index contributed by atoms with van der Waals surface area (Å²) in [6, 6.07) is 4.28. The van der Waals surface area contributed by atoms with Gasteiger partial charge in [0.15, 0.2) is 0 Å². The van der Waals surface area contributed by atoms with Crippen LogP contribution in [-0.2, 0) is 0 Å². The fraction of sp³-hybridized carbons (Fsp3) is 0.250. The van der Waals surface area contributed by atoms with Crippen LogP contribution in [0.1, 0.15) is 30.9 Å². The maximum absolute atomic E-state index is 4.02.